The molecule has 0 saturated carbocycles. The van der Waals surface area contributed by atoms with Gasteiger partial charge in [0.2, 0.25) is 0 Å². The van der Waals surface area contributed by atoms with Crippen LogP contribution in [0.15, 0.2) is 41.6 Å². The summed E-state index contributed by atoms with van der Waals surface area (Å²) in [7, 11) is 0. The lowest BCUT2D eigenvalue weighted by atomic mass is 10.1. The molecule has 9 heteroatoms. The number of halogens is 1. The van der Waals surface area contributed by atoms with E-state index < -0.39 is 0 Å². The number of benzene rings is 1. The fourth-order valence-electron chi connectivity index (χ4n) is 3.27. The third-order valence-corrected chi connectivity index (χ3v) is 5.22. The van der Waals surface area contributed by atoms with Crippen LogP contribution in [0.1, 0.15) is 35.7 Å². The average Bonchev–Trinajstić information content (AvgIpc) is 2.79. The quantitative estimate of drug-likeness (QED) is 0.311. The first-order valence-electron chi connectivity index (χ1n) is 10.4. The summed E-state index contributed by atoms with van der Waals surface area (Å²) in [6, 6.07) is 8.13. The van der Waals surface area contributed by atoms with Crippen LogP contribution in [0.5, 0.6) is 5.75 Å². The van der Waals surface area contributed by atoms with Gasteiger partial charge in [-0.3, -0.25) is 9.69 Å². The maximum Gasteiger partial charge on any atom is 0.271 e. The van der Waals surface area contributed by atoms with Crippen molar-refractivity contribution in [1.82, 2.24) is 15.3 Å². The molecule has 1 aromatic heterocycles. The summed E-state index contributed by atoms with van der Waals surface area (Å²) in [5.41, 5.74) is 4.09. The maximum absolute atomic E-state index is 12.5. The number of anilines is 1. The molecule has 1 aromatic carbocycles. The van der Waals surface area contributed by atoms with E-state index in [1.54, 1.807) is 30.5 Å². The number of ether oxygens (including phenoxy) is 1. The van der Waals surface area contributed by atoms with Crippen LogP contribution in [0, 0.1) is 0 Å². The summed E-state index contributed by atoms with van der Waals surface area (Å²) >= 11 is 5.88. The van der Waals surface area contributed by atoms with Gasteiger partial charge in [0.05, 0.1) is 18.9 Å². The van der Waals surface area contributed by atoms with Crippen molar-refractivity contribution in [2.24, 2.45) is 5.10 Å². The van der Waals surface area contributed by atoms with Gasteiger partial charge in [0.25, 0.3) is 5.91 Å². The lowest BCUT2D eigenvalue weighted by Crippen LogP contribution is -2.37. The third-order valence-electron chi connectivity index (χ3n) is 4.98. The van der Waals surface area contributed by atoms with Crippen molar-refractivity contribution in [3.8, 4) is 5.75 Å². The van der Waals surface area contributed by atoms with E-state index in [0.29, 0.717) is 34.1 Å². The second-order valence-electron chi connectivity index (χ2n) is 7.18. The highest BCUT2D eigenvalue weighted by Gasteiger charge is 2.12. The minimum atomic E-state index is -0.349. The molecule has 1 aliphatic rings. The topological polar surface area (TPSA) is 99.1 Å². The molecule has 0 aliphatic carbocycles. The SMILES string of the molecule is CC/C(=N/NC(=O)c1ccnc(NCCCN2CCOCC2)c1)c1ccc(Cl)cc1O. The van der Waals surface area contributed by atoms with E-state index in [4.69, 9.17) is 16.3 Å². The number of morpholine rings is 1. The fraction of sp³-hybridized carbons (Fsp3) is 0.409. The summed E-state index contributed by atoms with van der Waals surface area (Å²) in [4.78, 5) is 19.2. The number of rotatable bonds is 9. The van der Waals surface area contributed by atoms with Gasteiger partial charge in [0, 0.05) is 42.0 Å². The van der Waals surface area contributed by atoms with Gasteiger partial charge in [-0.15, -0.1) is 0 Å². The molecule has 0 bridgehead atoms. The van der Waals surface area contributed by atoms with E-state index in [1.807, 2.05) is 6.92 Å². The molecule has 0 unspecified atom stereocenters. The predicted octanol–water partition coefficient (Wildman–Crippen LogP) is 3.12. The van der Waals surface area contributed by atoms with Gasteiger partial charge >= 0.3 is 0 Å². The van der Waals surface area contributed by atoms with Gasteiger partial charge < -0.3 is 15.2 Å². The minimum absolute atomic E-state index is 0.0230. The van der Waals surface area contributed by atoms with Crippen LogP contribution in [-0.2, 0) is 4.74 Å². The van der Waals surface area contributed by atoms with Crippen LogP contribution in [0.25, 0.3) is 0 Å². The van der Waals surface area contributed by atoms with Gasteiger partial charge in [0.1, 0.15) is 11.6 Å². The Morgan fingerprint density at radius 3 is 2.84 bits per heavy atom. The summed E-state index contributed by atoms with van der Waals surface area (Å²) in [6.07, 6.45) is 3.10. The van der Waals surface area contributed by atoms with Gasteiger partial charge in [0.15, 0.2) is 0 Å². The zero-order valence-corrected chi connectivity index (χ0v) is 18.4. The summed E-state index contributed by atoms with van der Waals surface area (Å²) in [5.74, 6) is 0.317. The van der Waals surface area contributed by atoms with Crippen LogP contribution in [0.4, 0.5) is 5.82 Å². The van der Waals surface area contributed by atoms with E-state index in [0.717, 1.165) is 45.8 Å². The summed E-state index contributed by atoms with van der Waals surface area (Å²) in [5, 5.41) is 18.0. The van der Waals surface area contributed by atoms with Crippen LogP contribution in [0.2, 0.25) is 5.02 Å². The molecule has 3 N–H and O–H groups in total. The molecule has 3 rings (SSSR count). The number of phenolic OH excluding ortho intramolecular Hbond substituents is 1. The molecular weight excluding hydrogens is 418 g/mol. The number of aromatic nitrogens is 1. The Labute approximate surface area is 187 Å². The Morgan fingerprint density at radius 1 is 1.29 bits per heavy atom. The molecule has 1 amide bonds. The first-order valence-corrected chi connectivity index (χ1v) is 10.8. The van der Waals surface area contributed by atoms with Crippen molar-refractivity contribution >= 4 is 29.0 Å². The molecule has 1 saturated heterocycles. The number of hydrogen-bond donors (Lipinski definition) is 3. The van der Waals surface area contributed by atoms with Crippen molar-refractivity contribution in [1.29, 1.82) is 0 Å². The number of amides is 1. The Balaban J connectivity index is 1.54. The Hall–Kier alpha value is -2.68. The number of hydrazone groups is 1. The van der Waals surface area contributed by atoms with Crippen molar-refractivity contribution in [3.05, 3.63) is 52.7 Å². The number of pyridine rings is 1. The molecule has 8 nitrogen and oxygen atoms in total. The van der Waals surface area contributed by atoms with E-state index >= 15 is 0 Å². The highest BCUT2D eigenvalue weighted by Crippen LogP contribution is 2.23. The molecular formula is C22H28ClN5O3. The molecule has 0 radical (unpaired) electrons. The minimum Gasteiger partial charge on any atom is -0.507 e. The lowest BCUT2D eigenvalue weighted by Gasteiger charge is -2.26. The van der Waals surface area contributed by atoms with Crippen molar-refractivity contribution in [2.45, 2.75) is 19.8 Å². The van der Waals surface area contributed by atoms with E-state index in [9.17, 15) is 9.90 Å². The number of hydrogen-bond acceptors (Lipinski definition) is 7. The first kappa shape index (κ1) is 23.0. The number of aromatic hydroxyl groups is 1. The normalized spacial score (nSPS) is 15.0. The second-order valence-corrected chi connectivity index (χ2v) is 7.61. The molecule has 1 fully saturated rings. The molecule has 0 spiro atoms. The summed E-state index contributed by atoms with van der Waals surface area (Å²) in [6.45, 7) is 7.21. The molecule has 2 heterocycles. The smallest absolute Gasteiger partial charge is 0.271 e. The first-order chi connectivity index (χ1) is 15.1. The highest BCUT2D eigenvalue weighted by atomic mass is 35.5. The maximum atomic E-state index is 12.5. The largest absolute Gasteiger partial charge is 0.507 e. The van der Waals surface area contributed by atoms with Crippen LogP contribution in [-0.4, -0.2) is 66.0 Å². The monoisotopic (exact) mass is 445 g/mol. The van der Waals surface area contributed by atoms with Gasteiger partial charge in [-0.2, -0.15) is 5.10 Å². The predicted molar refractivity (Wildman–Crippen MR) is 122 cm³/mol. The van der Waals surface area contributed by atoms with Crippen LogP contribution < -0.4 is 10.7 Å². The average molecular weight is 446 g/mol. The van der Waals surface area contributed by atoms with Crippen molar-refractivity contribution in [3.63, 3.8) is 0 Å². The third kappa shape index (κ3) is 6.92. The van der Waals surface area contributed by atoms with E-state index in [2.05, 4.69) is 25.7 Å². The fourth-order valence-corrected chi connectivity index (χ4v) is 3.44. The van der Waals surface area contributed by atoms with E-state index in [-0.39, 0.29) is 11.7 Å². The standard InChI is InChI=1S/C22H28ClN5O3/c1-2-19(18-5-4-17(23)15-20(18)29)26-27-22(30)16-6-8-25-21(14-16)24-7-3-9-28-10-12-31-13-11-28/h4-6,8,14-15,29H,2-3,7,9-13H2,1H3,(H,24,25)(H,27,30)/b26-19-. The summed E-state index contributed by atoms with van der Waals surface area (Å²) < 4.78 is 5.36. The van der Waals surface area contributed by atoms with Gasteiger partial charge in [-0.25, -0.2) is 10.4 Å². The molecule has 0 atom stereocenters. The lowest BCUT2D eigenvalue weighted by molar-refractivity contribution is 0.0378. The van der Waals surface area contributed by atoms with Crippen LogP contribution in [0.3, 0.4) is 0 Å². The number of carbonyl (C=O) groups excluding carboxylic acids is 1. The van der Waals surface area contributed by atoms with Crippen molar-refractivity contribution in [2.75, 3.05) is 44.7 Å². The number of nitrogens with one attached hydrogen (secondary N) is 2. The van der Waals surface area contributed by atoms with E-state index in [1.165, 1.54) is 6.07 Å². The second kappa shape index (κ2) is 11.6. The Morgan fingerprint density at radius 2 is 2.10 bits per heavy atom. The number of phenols is 1. The highest BCUT2D eigenvalue weighted by molar-refractivity contribution is 6.30. The Bertz CT molecular complexity index is 916. The molecule has 166 valence electrons. The van der Waals surface area contributed by atoms with Crippen LogP contribution >= 0.6 is 11.6 Å². The molecule has 31 heavy (non-hydrogen) atoms. The molecule has 1 aliphatic heterocycles. The molecule has 2 aromatic rings. The van der Waals surface area contributed by atoms with Gasteiger partial charge in [-0.05, 0) is 49.7 Å². The van der Waals surface area contributed by atoms with Crippen molar-refractivity contribution < 1.29 is 14.6 Å². The number of carbonyl (C=O) groups is 1. The number of nitrogens with zero attached hydrogens (tertiary/aromatic N) is 3. The zero-order valence-electron chi connectivity index (χ0n) is 17.6. The van der Waals surface area contributed by atoms with Gasteiger partial charge in [-0.1, -0.05) is 18.5 Å². The Kier molecular flexibility index (Phi) is 8.63. The zero-order chi connectivity index (χ0) is 22.1.